The summed E-state index contributed by atoms with van der Waals surface area (Å²) in [5.74, 6) is -0.203. The normalized spacial score (nSPS) is 22.6. The van der Waals surface area contributed by atoms with Crippen molar-refractivity contribution in [1.29, 1.82) is 0 Å². The smallest absolute Gasteiger partial charge is 0.253 e. The van der Waals surface area contributed by atoms with Crippen LogP contribution in [0, 0.1) is 0 Å². The van der Waals surface area contributed by atoms with Gasteiger partial charge in [-0.25, -0.2) is 13.1 Å². The number of carbonyl (C=O) groups is 1. The molecule has 1 aromatic carbocycles. The fraction of sp³-hybridized carbons (Fsp3) is 0.562. The van der Waals surface area contributed by atoms with E-state index in [2.05, 4.69) is 9.62 Å². The highest BCUT2D eigenvalue weighted by atomic mass is 35.5. The second-order valence-corrected chi connectivity index (χ2v) is 8.97. The number of benzene rings is 1. The van der Waals surface area contributed by atoms with Crippen LogP contribution in [-0.2, 0) is 14.8 Å². The second-order valence-electron chi connectivity index (χ2n) is 6.49. The van der Waals surface area contributed by atoms with Crippen LogP contribution in [0.5, 0.6) is 0 Å². The molecular weight excluding hydrogens is 366 g/mol. The number of sulfonamides is 1. The fourth-order valence-electron chi connectivity index (χ4n) is 2.92. The van der Waals surface area contributed by atoms with Crippen LogP contribution in [0.15, 0.2) is 24.3 Å². The number of likely N-dealkylation sites (N-methyl/N-ethyl adjacent to an activating group) is 1. The summed E-state index contributed by atoms with van der Waals surface area (Å²) < 4.78 is 32.9. The second kappa shape index (κ2) is 7.59. The van der Waals surface area contributed by atoms with Gasteiger partial charge in [0.2, 0.25) is 10.0 Å². The van der Waals surface area contributed by atoms with Crippen molar-refractivity contribution in [3.8, 4) is 0 Å². The van der Waals surface area contributed by atoms with E-state index in [-0.39, 0.29) is 31.6 Å². The average molecular weight is 388 g/mol. The first-order valence-corrected chi connectivity index (χ1v) is 10.1. The third kappa shape index (κ3) is 4.51. The molecule has 3 rings (SSSR count). The van der Waals surface area contributed by atoms with E-state index in [0.29, 0.717) is 23.7 Å². The Morgan fingerprint density at radius 1 is 1.36 bits per heavy atom. The molecule has 1 atom stereocenters. The van der Waals surface area contributed by atoms with Gasteiger partial charge in [-0.1, -0.05) is 17.7 Å². The van der Waals surface area contributed by atoms with Crippen LogP contribution in [0.2, 0.25) is 5.02 Å². The molecule has 0 aliphatic carbocycles. The lowest BCUT2D eigenvalue weighted by molar-refractivity contribution is -0.0157. The zero-order valence-electron chi connectivity index (χ0n) is 14.0. The summed E-state index contributed by atoms with van der Waals surface area (Å²) in [6, 6.07) is 6.65. The minimum atomic E-state index is -3.47. The molecule has 25 heavy (non-hydrogen) atoms. The van der Waals surface area contributed by atoms with Gasteiger partial charge < -0.3 is 14.5 Å². The summed E-state index contributed by atoms with van der Waals surface area (Å²) in [5, 5.41) is -0.105. The van der Waals surface area contributed by atoms with E-state index < -0.39 is 15.3 Å². The number of amides is 1. The number of hydrogen-bond donors (Lipinski definition) is 1. The predicted octanol–water partition coefficient (Wildman–Crippen LogP) is 0.414. The van der Waals surface area contributed by atoms with Gasteiger partial charge in [0.25, 0.3) is 5.91 Å². The molecule has 0 unspecified atom stereocenters. The zero-order chi connectivity index (χ0) is 18.0. The molecule has 2 heterocycles. The monoisotopic (exact) mass is 387 g/mol. The Morgan fingerprint density at radius 3 is 2.80 bits per heavy atom. The molecule has 2 aliphatic heterocycles. The topological polar surface area (TPSA) is 79.0 Å². The van der Waals surface area contributed by atoms with Crippen LogP contribution in [0.3, 0.4) is 0 Å². The van der Waals surface area contributed by atoms with Crippen LogP contribution in [-0.4, -0.2) is 81.9 Å². The summed E-state index contributed by atoms with van der Waals surface area (Å²) in [6.07, 6.45) is -0.141. The molecule has 1 amide bonds. The summed E-state index contributed by atoms with van der Waals surface area (Å²) in [6.45, 7) is 2.79. The van der Waals surface area contributed by atoms with E-state index >= 15 is 0 Å². The highest BCUT2D eigenvalue weighted by Gasteiger charge is 2.40. The number of nitrogens with one attached hydrogen (secondary N) is 1. The van der Waals surface area contributed by atoms with Crippen molar-refractivity contribution in [1.82, 2.24) is 14.5 Å². The molecule has 2 aliphatic rings. The number of halogens is 1. The first-order valence-electron chi connectivity index (χ1n) is 8.18. The van der Waals surface area contributed by atoms with Gasteiger partial charge in [0, 0.05) is 43.3 Å². The molecule has 0 bridgehead atoms. The number of morpholine rings is 1. The third-order valence-electron chi connectivity index (χ3n) is 4.50. The maximum absolute atomic E-state index is 12.4. The standard InChI is InChI=1S/C16H22ClN3O4S/c1-19-5-6-24-14(9-19)8-18-25(22,23)15-10-20(11-15)16(21)12-3-2-4-13(17)7-12/h2-4,7,14-15,18H,5-6,8-11H2,1H3/t14-/m1/s1. The molecular formula is C16H22ClN3O4S. The molecule has 7 nitrogen and oxygen atoms in total. The van der Waals surface area contributed by atoms with Crippen molar-refractivity contribution >= 4 is 27.5 Å². The first kappa shape index (κ1) is 18.6. The van der Waals surface area contributed by atoms with Crippen LogP contribution in [0.4, 0.5) is 0 Å². The minimum absolute atomic E-state index is 0.141. The zero-order valence-corrected chi connectivity index (χ0v) is 15.6. The van der Waals surface area contributed by atoms with Gasteiger partial charge >= 0.3 is 0 Å². The van der Waals surface area contributed by atoms with Gasteiger partial charge in [-0.3, -0.25) is 4.79 Å². The van der Waals surface area contributed by atoms with E-state index in [9.17, 15) is 13.2 Å². The Hall–Kier alpha value is -1.19. The third-order valence-corrected chi connectivity index (χ3v) is 6.48. The van der Waals surface area contributed by atoms with Crippen molar-refractivity contribution in [3.05, 3.63) is 34.9 Å². The molecule has 138 valence electrons. The molecule has 2 fully saturated rings. The van der Waals surface area contributed by atoms with Crippen molar-refractivity contribution in [3.63, 3.8) is 0 Å². The van der Waals surface area contributed by atoms with Crippen LogP contribution in [0.25, 0.3) is 0 Å². The predicted molar refractivity (Wildman–Crippen MR) is 95.3 cm³/mol. The van der Waals surface area contributed by atoms with Crippen LogP contribution < -0.4 is 4.72 Å². The minimum Gasteiger partial charge on any atom is -0.374 e. The summed E-state index contributed by atoms with van der Waals surface area (Å²) >= 11 is 5.89. The van der Waals surface area contributed by atoms with Gasteiger partial charge in [0.1, 0.15) is 5.25 Å². The molecule has 0 aromatic heterocycles. The van der Waals surface area contributed by atoms with E-state index in [4.69, 9.17) is 16.3 Å². The highest BCUT2D eigenvalue weighted by molar-refractivity contribution is 7.90. The first-order chi connectivity index (χ1) is 11.8. The van der Waals surface area contributed by atoms with E-state index in [1.165, 1.54) is 4.90 Å². The molecule has 1 N–H and O–H groups in total. The molecule has 9 heteroatoms. The number of likely N-dealkylation sites (tertiary alicyclic amines) is 1. The van der Waals surface area contributed by atoms with Crippen molar-refractivity contribution in [2.45, 2.75) is 11.4 Å². The Bertz CT molecular complexity index is 737. The van der Waals surface area contributed by atoms with E-state index in [1.54, 1.807) is 24.3 Å². The molecule has 0 radical (unpaired) electrons. The lowest BCUT2D eigenvalue weighted by Gasteiger charge is -2.39. The summed E-state index contributed by atoms with van der Waals surface area (Å²) in [5.41, 5.74) is 0.468. The quantitative estimate of drug-likeness (QED) is 0.792. The van der Waals surface area contributed by atoms with E-state index in [1.807, 2.05) is 7.05 Å². The van der Waals surface area contributed by atoms with Crippen molar-refractivity contribution < 1.29 is 17.9 Å². The van der Waals surface area contributed by atoms with E-state index in [0.717, 1.165) is 6.54 Å². The van der Waals surface area contributed by atoms with Gasteiger partial charge in [-0.2, -0.15) is 0 Å². The SMILES string of the molecule is CN1CCO[C@H](CNS(=O)(=O)C2CN(C(=O)c3cccc(Cl)c3)C2)C1. The molecule has 0 saturated carbocycles. The number of rotatable bonds is 5. The maximum atomic E-state index is 12.4. The highest BCUT2D eigenvalue weighted by Crippen LogP contribution is 2.20. The molecule has 1 aromatic rings. The fourth-order valence-corrected chi connectivity index (χ4v) is 4.52. The van der Waals surface area contributed by atoms with Crippen molar-refractivity contribution in [2.24, 2.45) is 0 Å². The van der Waals surface area contributed by atoms with Crippen LogP contribution in [0.1, 0.15) is 10.4 Å². The Kier molecular flexibility index (Phi) is 5.65. The van der Waals surface area contributed by atoms with Gasteiger partial charge in [-0.05, 0) is 25.2 Å². The lowest BCUT2D eigenvalue weighted by atomic mass is 10.1. The van der Waals surface area contributed by atoms with Gasteiger partial charge in [-0.15, -0.1) is 0 Å². The van der Waals surface area contributed by atoms with Crippen LogP contribution >= 0.6 is 11.6 Å². The largest absolute Gasteiger partial charge is 0.374 e. The number of nitrogens with zero attached hydrogens (tertiary/aromatic N) is 2. The number of carbonyl (C=O) groups excluding carboxylic acids is 1. The average Bonchev–Trinajstić information content (AvgIpc) is 2.51. The lowest BCUT2D eigenvalue weighted by Crippen LogP contribution is -2.60. The maximum Gasteiger partial charge on any atom is 0.253 e. The Labute approximate surface area is 152 Å². The van der Waals surface area contributed by atoms with Gasteiger partial charge in [0.15, 0.2) is 0 Å². The van der Waals surface area contributed by atoms with Crippen molar-refractivity contribution in [2.75, 3.05) is 46.4 Å². The Morgan fingerprint density at radius 2 is 2.12 bits per heavy atom. The number of ether oxygens (including phenoxy) is 1. The summed E-state index contributed by atoms with van der Waals surface area (Å²) in [7, 11) is -1.48. The molecule has 0 spiro atoms. The number of hydrogen-bond acceptors (Lipinski definition) is 5. The summed E-state index contributed by atoms with van der Waals surface area (Å²) in [4.78, 5) is 15.9. The molecule has 2 saturated heterocycles. The Balaban J connectivity index is 1.50. The van der Waals surface area contributed by atoms with Gasteiger partial charge in [0.05, 0.1) is 12.7 Å².